The van der Waals surface area contributed by atoms with Gasteiger partial charge < -0.3 is 5.11 Å². The second-order valence-corrected chi connectivity index (χ2v) is 5.39. The van der Waals surface area contributed by atoms with Crippen molar-refractivity contribution >= 4 is 57.4 Å². The number of hydrogen-bond acceptors (Lipinski definition) is 1. The van der Waals surface area contributed by atoms with Crippen molar-refractivity contribution in [1.29, 1.82) is 0 Å². The third-order valence-corrected chi connectivity index (χ3v) is 3.49. The summed E-state index contributed by atoms with van der Waals surface area (Å²) in [7, 11) is 0. The van der Waals surface area contributed by atoms with Gasteiger partial charge in [0, 0.05) is 6.42 Å². The van der Waals surface area contributed by atoms with Gasteiger partial charge in [-0.25, -0.2) is 0 Å². The SMILES string of the molecule is CCCCCCCCCCCCCCCC(=O)O.[KH]. The fourth-order valence-electron chi connectivity index (χ4n) is 2.29. The molecule has 0 amide bonds. The average molecular weight is 297 g/mol. The normalized spacial score (nSPS) is 10.2. The molecule has 0 atom stereocenters. The van der Waals surface area contributed by atoms with Crippen molar-refractivity contribution in [2.75, 3.05) is 0 Å². The standard InChI is InChI=1S/C16H32O2.K.H/c1-2-3-4-5-6-7-8-9-10-11-12-13-14-15-16(17)18;;/h2-15H2,1H3,(H,17,18);;. The minimum atomic E-state index is -0.655. The molecule has 0 radical (unpaired) electrons. The number of carboxylic acids is 1. The van der Waals surface area contributed by atoms with E-state index < -0.39 is 5.97 Å². The van der Waals surface area contributed by atoms with Gasteiger partial charge in [-0.3, -0.25) is 4.79 Å². The Kier molecular flexibility index (Phi) is 22.5. The molecule has 0 aliphatic heterocycles. The molecule has 0 heterocycles. The van der Waals surface area contributed by atoms with E-state index in [1.54, 1.807) is 0 Å². The Morgan fingerprint density at radius 2 is 1.00 bits per heavy atom. The van der Waals surface area contributed by atoms with Crippen LogP contribution in [0.2, 0.25) is 0 Å². The molecule has 0 saturated carbocycles. The first-order valence-corrected chi connectivity index (χ1v) is 7.99. The van der Waals surface area contributed by atoms with E-state index in [1.165, 1.54) is 70.6 Å². The van der Waals surface area contributed by atoms with Crippen molar-refractivity contribution < 1.29 is 9.90 Å². The second kappa shape index (κ2) is 19.1. The molecule has 19 heavy (non-hydrogen) atoms. The molecule has 0 unspecified atom stereocenters. The first kappa shape index (κ1) is 22.4. The zero-order chi connectivity index (χ0) is 13.5. The molecule has 0 aromatic heterocycles. The molecule has 0 bridgehead atoms. The first-order chi connectivity index (χ1) is 8.77. The molecule has 0 spiro atoms. The first-order valence-electron chi connectivity index (χ1n) is 7.99. The summed E-state index contributed by atoms with van der Waals surface area (Å²) < 4.78 is 0. The van der Waals surface area contributed by atoms with Crippen LogP contribution in [0.1, 0.15) is 96.8 Å². The number of rotatable bonds is 14. The quantitative estimate of drug-likeness (QED) is 0.365. The predicted octanol–water partition coefficient (Wildman–Crippen LogP) is 4.90. The molecular formula is C16H33KO2. The maximum atomic E-state index is 10.3. The Bertz CT molecular complexity index is 184. The van der Waals surface area contributed by atoms with Crippen LogP contribution in [-0.4, -0.2) is 62.5 Å². The Morgan fingerprint density at radius 1 is 0.684 bits per heavy atom. The van der Waals surface area contributed by atoms with Gasteiger partial charge in [-0.2, -0.15) is 0 Å². The van der Waals surface area contributed by atoms with Gasteiger partial charge in [-0.1, -0.05) is 84.0 Å². The van der Waals surface area contributed by atoms with E-state index in [0.717, 1.165) is 12.8 Å². The van der Waals surface area contributed by atoms with E-state index in [9.17, 15) is 4.79 Å². The van der Waals surface area contributed by atoms with Gasteiger partial charge in [0.2, 0.25) is 0 Å². The van der Waals surface area contributed by atoms with Crippen LogP contribution in [0.4, 0.5) is 0 Å². The number of carboxylic acid groups (broad SMARTS) is 1. The minimum absolute atomic E-state index is 0. The van der Waals surface area contributed by atoms with Gasteiger partial charge in [0.15, 0.2) is 0 Å². The summed E-state index contributed by atoms with van der Waals surface area (Å²) in [4.78, 5) is 10.3. The summed E-state index contributed by atoms with van der Waals surface area (Å²) in [6.07, 6.45) is 17.3. The molecule has 0 aromatic rings. The fraction of sp³-hybridized carbons (Fsp3) is 0.938. The molecule has 0 rings (SSSR count). The van der Waals surface area contributed by atoms with Crippen LogP contribution in [0, 0.1) is 0 Å². The fourth-order valence-corrected chi connectivity index (χ4v) is 2.29. The van der Waals surface area contributed by atoms with E-state index in [4.69, 9.17) is 5.11 Å². The number of hydrogen-bond donors (Lipinski definition) is 1. The zero-order valence-electron chi connectivity index (χ0n) is 12.3. The van der Waals surface area contributed by atoms with Crippen molar-refractivity contribution in [2.24, 2.45) is 0 Å². The van der Waals surface area contributed by atoms with Crippen molar-refractivity contribution in [2.45, 2.75) is 96.8 Å². The van der Waals surface area contributed by atoms with Gasteiger partial charge in [-0.15, -0.1) is 0 Å². The van der Waals surface area contributed by atoms with Gasteiger partial charge >= 0.3 is 57.4 Å². The van der Waals surface area contributed by atoms with Crippen LogP contribution in [0.5, 0.6) is 0 Å². The molecule has 0 saturated heterocycles. The molecule has 1 N–H and O–H groups in total. The van der Waals surface area contributed by atoms with E-state index in [-0.39, 0.29) is 51.4 Å². The Morgan fingerprint density at radius 3 is 1.32 bits per heavy atom. The van der Waals surface area contributed by atoms with E-state index >= 15 is 0 Å². The summed E-state index contributed by atoms with van der Waals surface area (Å²) in [6, 6.07) is 0. The van der Waals surface area contributed by atoms with Crippen LogP contribution in [0.3, 0.4) is 0 Å². The molecule has 110 valence electrons. The van der Waals surface area contributed by atoms with Gasteiger partial charge in [0.05, 0.1) is 0 Å². The zero-order valence-corrected chi connectivity index (χ0v) is 12.3. The van der Waals surface area contributed by atoms with Gasteiger partial charge in [-0.05, 0) is 6.42 Å². The molecular weight excluding hydrogens is 263 g/mol. The Hall–Kier alpha value is 1.11. The summed E-state index contributed by atoms with van der Waals surface area (Å²) in [5.41, 5.74) is 0. The Labute approximate surface area is 162 Å². The van der Waals surface area contributed by atoms with E-state index in [0.29, 0.717) is 6.42 Å². The summed E-state index contributed by atoms with van der Waals surface area (Å²) >= 11 is 0. The number of unbranched alkanes of at least 4 members (excludes halogenated alkanes) is 12. The number of aliphatic carboxylic acids is 1. The predicted molar refractivity (Wildman–Crippen MR) is 85.1 cm³/mol. The van der Waals surface area contributed by atoms with E-state index in [1.807, 2.05) is 0 Å². The molecule has 0 aromatic carbocycles. The third-order valence-electron chi connectivity index (χ3n) is 3.49. The van der Waals surface area contributed by atoms with Gasteiger partial charge in [0.25, 0.3) is 0 Å². The molecule has 0 fully saturated rings. The summed E-state index contributed by atoms with van der Waals surface area (Å²) in [6.45, 7) is 2.26. The topological polar surface area (TPSA) is 37.3 Å². The van der Waals surface area contributed by atoms with Crippen LogP contribution >= 0.6 is 0 Å². The van der Waals surface area contributed by atoms with Crippen molar-refractivity contribution in [3.63, 3.8) is 0 Å². The van der Waals surface area contributed by atoms with Crippen molar-refractivity contribution in [1.82, 2.24) is 0 Å². The van der Waals surface area contributed by atoms with Gasteiger partial charge in [0.1, 0.15) is 0 Å². The van der Waals surface area contributed by atoms with Crippen LogP contribution < -0.4 is 0 Å². The van der Waals surface area contributed by atoms with E-state index in [2.05, 4.69) is 6.92 Å². The molecule has 0 aliphatic rings. The average Bonchev–Trinajstić information content (AvgIpc) is 2.34. The van der Waals surface area contributed by atoms with Crippen molar-refractivity contribution in [3.05, 3.63) is 0 Å². The molecule has 2 nitrogen and oxygen atoms in total. The van der Waals surface area contributed by atoms with Crippen molar-refractivity contribution in [3.8, 4) is 0 Å². The second-order valence-electron chi connectivity index (χ2n) is 5.39. The maximum absolute atomic E-state index is 10.3. The molecule has 3 heteroatoms. The third kappa shape index (κ3) is 21.6. The number of carbonyl (C=O) groups is 1. The van der Waals surface area contributed by atoms with Crippen LogP contribution in [-0.2, 0) is 4.79 Å². The van der Waals surface area contributed by atoms with Crippen LogP contribution in [0.25, 0.3) is 0 Å². The monoisotopic (exact) mass is 296 g/mol. The summed E-state index contributed by atoms with van der Waals surface area (Å²) in [5, 5.41) is 8.49. The van der Waals surface area contributed by atoms with Crippen LogP contribution in [0.15, 0.2) is 0 Å². The Balaban J connectivity index is 0. The summed E-state index contributed by atoms with van der Waals surface area (Å²) in [5.74, 6) is -0.655. The molecule has 0 aliphatic carbocycles.